The molecule has 0 aromatic heterocycles. The molecule has 1 saturated carbocycles. The SMILES string of the molecule is CN(C)CCSC1CCC(C(=O)O)CC1. The maximum atomic E-state index is 10.8. The van der Waals surface area contributed by atoms with Crippen LogP contribution in [0.25, 0.3) is 0 Å². The van der Waals surface area contributed by atoms with Gasteiger partial charge in [-0.05, 0) is 39.8 Å². The zero-order valence-corrected chi connectivity index (χ0v) is 10.4. The number of thioether (sulfide) groups is 1. The van der Waals surface area contributed by atoms with Crippen LogP contribution in [-0.4, -0.2) is 47.6 Å². The average molecular weight is 231 g/mol. The molecule has 0 aliphatic heterocycles. The van der Waals surface area contributed by atoms with Gasteiger partial charge in [-0.2, -0.15) is 11.8 Å². The summed E-state index contributed by atoms with van der Waals surface area (Å²) in [7, 11) is 4.17. The Morgan fingerprint density at radius 1 is 1.33 bits per heavy atom. The van der Waals surface area contributed by atoms with Gasteiger partial charge in [-0.25, -0.2) is 0 Å². The van der Waals surface area contributed by atoms with E-state index < -0.39 is 5.97 Å². The van der Waals surface area contributed by atoms with Gasteiger partial charge in [0.15, 0.2) is 0 Å². The van der Waals surface area contributed by atoms with Crippen LogP contribution in [0.4, 0.5) is 0 Å². The van der Waals surface area contributed by atoms with Gasteiger partial charge in [0.05, 0.1) is 5.92 Å². The van der Waals surface area contributed by atoms with Crippen LogP contribution in [0.2, 0.25) is 0 Å². The molecular formula is C11H21NO2S. The van der Waals surface area contributed by atoms with Gasteiger partial charge < -0.3 is 10.0 Å². The molecule has 0 heterocycles. The zero-order valence-electron chi connectivity index (χ0n) is 9.61. The third kappa shape index (κ3) is 4.89. The maximum absolute atomic E-state index is 10.8. The van der Waals surface area contributed by atoms with E-state index in [1.54, 1.807) is 0 Å². The van der Waals surface area contributed by atoms with E-state index in [4.69, 9.17) is 5.11 Å². The quantitative estimate of drug-likeness (QED) is 0.785. The molecule has 1 fully saturated rings. The number of aliphatic carboxylic acids is 1. The molecule has 4 heteroatoms. The van der Waals surface area contributed by atoms with E-state index >= 15 is 0 Å². The predicted molar refractivity (Wildman–Crippen MR) is 64.4 cm³/mol. The van der Waals surface area contributed by atoms with Crippen molar-refractivity contribution in [2.24, 2.45) is 5.92 Å². The molecule has 1 aliphatic rings. The molecule has 88 valence electrons. The number of rotatable bonds is 5. The van der Waals surface area contributed by atoms with Crippen molar-refractivity contribution < 1.29 is 9.90 Å². The largest absolute Gasteiger partial charge is 0.481 e. The van der Waals surface area contributed by atoms with Crippen molar-refractivity contribution in [2.75, 3.05) is 26.4 Å². The Bertz CT molecular complexity index is 201. The number of carbonyl (C=O) groups is 1. The lowest BCUT2D eigenvalue weighted by molar-refractivity contribution is -0.142. The maximum Gasteiger partial charge on any atom is 0.306 e. The minimum absolute atomic E-state index is 0.0734. The summed E-state index contributed by atoms with van der Waals surface area (Å²) in [5.74, 6) is 0.484. The minimum atomic E-state index is -0.605. The Labute approximate surface area is 96.2 Å². The lowest BCUT2D eigenvalue weighted by atomic mass is 9.89. The van der Waals surface area contributed by atoms with Gasteiger partial charge >= 0.3 is 5.97 Å². The molecule has 0 atom stereocenters. The van der Waals surface area contributed by atoms with Crippen LogP contribution in [0.3, 0.4) is 0 Å². The van der Waals surface area contributed by atoms with Crippen LogP contribution in [-0.2, 0) is 4.79 Å². The first kappa shape index (κ1) is 12.8. The second kappa shape index (κ2) is 6.38. The normalized spacial score (nSPS) is 26.9. The van der Waals surface area contributed by atoms with Gasteiger partial charge in [0, 0.05) is 17.5 Å². The number of carboxylic acids is 1. The van der Waals surface area contributed by atoms with E-state index in [0.717, 1.165) is 38.0 Å². The highest BCUT2D eigenvalue weighted by Crippen LogP contribution is 2.31. The smallest absolute Gasteiger partial charge is 0.306 e. The Balaban J connectivity index is 2.12. The summed E-state index contributed by atoms with van der Waals surface area (Å²) in [5, 5.41) is 9.55. The van der Waals surface area contributed by atoms with Crippen LogP contribution < -0.4 is 0 Å². The van der Waals surface area contributed by atoms with Crippen molar-refractivity contribution in [3.8, 4) is 0 Å². The molecule has 0 saturated heterocycles. The first-order valence-electron chi connectivity index (χ1n) is 5.58. The van der Waals surface area contributed by atoms with Gasteiger partial charge in [-0.3, -0.25) is 4.79 Å². The molecule has 0 aromatic rings. The van der Waals surface area contributed by atoms with Gasteiger partial charge in [0.25, 0.3) is 0 Å². The minimum Gasteiger partial charge on any atom is -0.481 e. The molecule has 0 radical (unpaired) electrons. The van der Waals surface area contributed by atoms with Crippen molar-refractivity contribution in [3.63, 3.8) is 0 Å². The molecule has 1 aliphatic carbocycles. The summed E-state index contributed by atoms with van der Waals surface area (Å²) in [6.45, 7) is 1.11. The van der Waals surface area contributed by atoms with Gasteiger partial charge in [0.1, 0.15) is 0 Å². The molecule has 0 spiro atoms. The summed E-state index contributed by atoms with van der Waals surface area (Å²) >= 11 is 2.00. The summed E-state index contributed by atoms with van der Waals surface area (Å²) in [5.41, 5.74) is 0. The number of hydrogen-bond donors (Lipinski definition) is 1. The highest BCUT2D eigenvalue weighted by atomic mass is 32.2. The van der Waals surface area contributed by atoms with Crippen molar-refractivity contribution in [1.82, 2.24) is 4.90 Å². The van der Waals surface area contributed by atoms with Crippen molar-refractivity contribution in [2.45, 2.75) is 30.9 Å². The van der Waals surface area contributed by atoms with Crippen LogP contribution in [0, 0.1) is 5.92 Å². The summed E-state index contributed by atoms with van der Waals surface area (Å²) in [4.78, 5) is 12.9. The summed E-state index contributed by atoms with van der Waals surface area (Å²) in [6, 6.07) is 0. The molecule has 0 bridgehead atoms. The predicted octanol–water partition coefficient (Wildman–Crippen LogP) is 1.92. The number of nitrogens with zero attached hydrogens (tertiary/aromatic N) is 1. The second-order valence-corrected chi connectivity index (χ2v) is 5.89. The van der Waals surface area contributed by atoms with Crippen LogP contribution in [0.5, 0.6) is 0 Å². The average Bonchev–Trinajstić information content (AvgIpc) is 2.18. The molecule has 0 aromatic carbocycles. The zero-order chi connectivity index (χ0) is 11.3. The standard InChI is InChI=1S/C11H21NO2S/c1-12(2)7-8-15-10-5-3-9(4-6-10)11(13)14/h9-10H,3-8H2,1-2H3,(H,13,14). The van der Waals surface area contributed by atoms with E-state index in [1.807, 2.05) is 11.8 Å². The molecule has 15 heavy (non-hydrogen) atoms. The number of hydrogen-bond acceptors (Lipinski definition) is 3. The molecule has 0 amide bonds. The molecule has 1 N–H and O–H groups in total. The Morgan fingerprint density at radius 2 is 1.93 bits per heavy atom. The highest BCUT2D eigenvalue weighted by Gasteiger charge is 2.25. The monoisotopic (exact) mass is 231 g/mol. The fourth-order valence-corrected chi connectivity index (χ4v) is 3.29. The van der Waals surface area contributed by atoms with Crippen molar-refractivity contribution in [1.29, 1.82) is 0 Å². The molecule has 0 unspecified atom stereocenters. The molecule has 1 rings (SSSR count). The Kier molecular flexibility index (Phi) is 5.47. The first-order valence-corrected chi connectivity index (χ1v) is 6.63. The van der Waals surface area contributed by atoms with Crippen molar-refractivity contribution >= 4 is 17.7 Å². The second-order valence-electron chi connectivity index (χ2n) is 4.49. The molecular weight excluding hydrogens is 210 g/mol. The van der Waals surface area contributed by atoms with E-state index in [1.165, 1.54) is 0 Å². The first-order chi connectivity index (χ1) is 7.09. The fourth-order valence-electron chi connectivity index (χ4n) is 1.88. The van der Waals surface area contributed by atoms with Gasteiger partial charge in [-0.15, -0.1) is 0 Å². The third-order valence-corrected chi connectivity index (χ3v) is 4.28. The summed E-state index contributed by atoms with van der Waals surface area (Å²) in [6.07, 6.45) is 3.90. The highest BCUT2D eigenvalue weighted by molar-refractivity contribution is 7.99. The van der Waals surface area contributed by atoms with E-state index in [-0.39, 0.29) is 5.92 Å². The van der Waals surface area contributed by atoms with E-state index in [2.05, 4.69) is 19.0 Å². The lowest BCUT2D eigenvalue weighted by Gasteiger charge is -2.25. The number of carboxylic acid groups (broad SMARTS) is 1. The van der Waals surface area contributed by atoms with Gasteiger partial charge in [0.2, 0.25) is 0 Å². The Morgan fingerprint density at radius 3 is 2.40 bits per heavy atom. The topological polar surface area (TPSA) is 40.5 Å². The van der Waals surface area contributed by atoms with Crippen LogP contribution in [0.1, 0.15) is 25.7 Å². The lowest BCUT2D eigenvalue weighted by Crippen LogP contribution is -2.23. The van der Waals surface area contributed by atoms with Gasteiger partial charge in [-0.1, -0.05) is 0 Å². The van der Waals surface area contributed by atoms with E-state index in [0.29, 0.717) is 5.25 Å². The molecule has 3 nitrogen and oxygen atoms in total. The van der Waals surface area contributed by atoms with Crippen molar-refractivity contribution in [3.05, 3.63) is 0 Å². The van der Waals surface area contributed by atoms with Crippen LogP contribution >= 0.6 is 11.8 Å². The van der Waals surface area contributed by atoms with E-state index in [9.17, 15) is 4.79 Å². The summed E-state index contributed by atoms with van der Waals surface area (Å²) < 4.78 is 0. The fraction of sp³-hybridized carbons (Fsp3) is 0.909. The van der Waals surface area contributed by atoms with Crippen LogP contribution in [0.15, 0.2) is 0 Å². The Hall–Kier alpha value is -0.220. The third-order valence-electron chi connectivity index (χ3n) is 2.92.